The number of halogens is 3. The smallest absolute Gasteiger partial charge is 0.119 e. The topological polar surface area (TPSA) is 41.5 Å². The maximum absolute atomic E-state index is 9.93. The summed E-state index contributed by atoms with van der Waals surface area (Å²) in [6.07, 6.45) is -0.680. The van der Waals surface area contributed by atoms with Crippen LogP contribution in [0.1, 0.15) is 0 Å². The molecule has 1 atom stereocenters. The number of para-hydroxylation sites is 1. The highest BCUT2D eigenvalue weighted by Gasteiger charge is 2.09. The highest BCUT2D eigenvalue weighted by atomic mass is 79.9. The average Bonchev–Trinajstić information content (AvgIpc) is 2.46. The third kappa shape index (κ3) is 5.08. The summed E-state index contributed by atoms with van der Waals surface area (Å²) < 4.78 is 6.47. The maximum Gasteiger partial charge on any atom is 0.119 e. The second-order valence-corrected chi connectivity index (χ2v) is 6.13. The first-order chi connectivity index (χ1) is 10.1. The zero-order valence-corrected chi connectivity index (χ0v) is 14.1. The summed E-state index contributed by atoms with van der Waals surface area (Å²) in [5.74, 6) is 0.702. The first kappa shape index (κ1) is 16.4. The zero-order valence-electron chi connectivity index (χ0n) is 11.0. The van der Waals surface area contributed by atoms with E-state index >= 15 is 0 Å². The molecule has 0 saturated carbocycles. The van der Waals surface area contributed by atoms with E-state index in [1.54, 1.807) is 18.2 Å². The fourth-order valence-electron chi connectivity index (χ4n) is 1.67. The quantitative estimate of drug-likeness (QED) is 0.756. The Bertz CT molecular complexity index is 572. The lowest BCUT2D eigenvalue weighted by Gasteiger charge is -2.15. The Hall–Kier alpha value is -0.940. The van der Waals surface area contributed by atoms with Crippen molar-refractivity contribution in [2.75, 3.05) is 18.5 Å². The average molecular weight is 391 g/mol. The van der Waals surface area contributed by atoms with Gasteiger partial charge in [-0.25, -0.2) is 0 Å². The summed E-state index contributed by atoms with van der Waals surface area (Å²) in [7, 11) is 0. The van der Waals surface area contributed by atoms with Gasteiger partial charge in [-0.15, -0.1) is 0 Å². The van der Waals surface area contributed by atoms with Crippen LogP contribution in [0.4, 0.5) is 5.69 Å². The molecule has 2 aromatic carbocycles. The number of ether oxygens (including phenoxy) is 1. The molecule has 0 heterocycles. The van der Waals surface area contributed by atoms with Crippen molar-refractivity contribution in [1.82, 2.24) is 0 Å². The van der Waals surface area contributed by atoms with Gasteiger partial charge in [0.1, 0.15) is 18.5 Å². The number of anilines is 1. The zero-order chi connectivity index (χ0) is 15.2. The van der Waals surface area contributed by atoms with Crippen LogP contribution in [0.2, 0.25) is 10.0 Å². The molecule has 0 spiro atoms. The Kier molecular flexibility index (Phi) is 6.18. The number of rotatable bonds is 6. The van der Waals surface area contributed by atoms with E-state index in [0.29, 0.717) is 28.0 Å². The van der Waals surface area contributed by atoms with Gasteiger partial charge in [0.2, 0.25) is 0 Å². The number of benzene rings is 2. The third-order valence-corrected chi connectivity index (χ3v) is 3.89. The number of hydrogen-bond acceptors (Lipinski definition) is 3. The summed E-state index contributed by atoms with van der Waals surface area (Å²) in [4.78, 5) is 0. The lowest BCUT2D eigenvalue weighted by Crippen LogP contribution is -2.26. The van der Waals surface area contributed by atoms with Gasteiger partial charge in [-0.3, -0.25) is 0 Å². The summed E-state index contributed by atoms with van der Waals surface area (Å²) in [5.41, 5.74) is 0.614. The van der Waals surface area contributed by atoms with E-state index in [4.69, 9.17) is 27.9 Å². The van der Waals surface area contributed by atoms with Crippen molar-refractivity contribution in [2.45, 2.75) is 6.10 Å². The van der Waals surface area contributed by atoms with E-state index in [0.717, 1.165) is 4.47 Å². The Labute approximate surface area is 142 Å². The van der Waals surface area contributed by atoms with Crippen LogP contribution >= 0.6 is 39.1 Å². The summed E-state index contributed by atoms with van der Waals surface area (Å²) >= 11 is 15.4. The van der Waals surface area contributed by atoms with E-state index < -0.39 is 6.10 Å². The van der Waals surface area contributed by atoms with Crippen LogP contribution in [0.5, 0.6) is 5.75 Å². The van der Waals surface area contributed by atoms with Gasteiger partial charge in [0, 0.05) is 11.0 Å². The molecule has 2 aromatic rings. The largest absolute Gasteiger partial charge is 0.491 e. The molecule has 0 aromatic heterocycles. The second kappa shape index (κ2) is 7.90. The number of aliphatic hydroxyl groups is 1. The second-order valence-electron chi connectivity index (χ2n) is 4.40. The highest BCUT2D eigenvalue weighted by Crippen LogP contribution is 2.29. The fraction of sp³-hybridized carbons (Fsp3) is 0.200. The lowest BCUT2D eigenvalue weighted by atomic mass is 10.3. The van der Waals surface area contributed by atoms with E-state index in [-0.39, 0.29) is 6.61 Å². The predicted octanol–water partition coefficient (Wildman–Crippen LogP) is 4.61. The molecule has 0 radical (unpaired) electrons. The van der Waals surface area contributed by atoms with Gasteiger partial charge < -0.3 is 15.2 Å². The van der Waals surface area contributed by atoms with Gasteiger partial charge in [0.05, 0.1) is 15.7 Å². The Morgan fingerprint density at radius 2 is 1.71 bits per heavy atom. The van der Waals surface area contributed by atoms with E-state index in [2.05, 4.69) is 21.2 Å². The molecule has 112 valence electrons. The number of hydrogen-bond donors (Lipinski definition) is 2. The molecule has 2 N–H and O–H groups in total. The van der Waals surface area contributed by atoms with Gasteiger partial charge in [-0.1, -0.05) is 45.2 Å². The van der Waals surface area contributed by atoms with Crippen LogP contribution in [0.25, 0.3) is 0 Å². The molecule has 1 unspecified atom stereocenters. The number of aliphatic hydroxyl groups excluding tert-OH is 1. The minimum atomic E-state index is -0.680. The molecule has 0 saturated heterocycles. The molecule has 0 aliphatic carbocycles. The molecular formula is C15H14BrCl2NO2. The predicted molar refractivity (Wildman–Crippen MR) is 90.6 cm³/mol. The summed E-state index contributed by atoms with van der Waals surface area (Å²) in [6.45, 7) is 0.469. The fourth-order valence-corrected chi connectivity index (χ4v) is 2.46. The van der Waals surface area contributed by atoms with Crippen LogP contribution in [-0.2, 0) is 0 Å². The van der Waals surface area contributed by atoms with Gasteiger partial charge >= 0.3 is 0 Å². The molecule has 0 aliphatic heterocycles. The van der Waals surface area contributed by atoms with E-state index in [9.17, 15) is 5.11 Å². The highest BCUT2D eigenvalue weighted by molar-refractivity contribution is 9.10. The van der Waals surface area contributed by atoms with E-state index in [1.165, 1.54) is 0 Å². The molecule has 3 nitrogen and oxygen atoms in total. The summed E-state index contributed by atoms with van der Waals surface area (Å²) in [6, 6.07) is 12.7. The lowest BCUT2D eigenvalue weighted by molar-refractivity contribution is 0.117. The van der Waals surface area contributed by atoms with Gasteiger partial charge in [0.25, 0.3) is 0 Å². The van der Waals surface area contributed by atoms with Crippen LogP contribution in [-0.4, -0.2) is 24.4 Å². The van der Waals surface area contributed by atoms with Crippen molar-refractivity contribution < 1.29 is 9.84 Å². The molecule has 0 fully saturated rings. The number of nitrogens with one attached hydrogen (secondary N) is 1. The maximum atomic E-state index is 9.93. The first-order valence-corrected chi connectivity index (χ1v) is 7.85. The Balaban J connectivity index is 1.82. The van der Waals surface area contributed by atoms with Gasteiger partial charge in [-0.05, 0) is 36.4 Å². The van der Waals surface area contributed by atoms with Crippen LogP contribution in [0, 0.1) is 0 Å². The standard InChI is InChI=1S/C15H14BrCl2NO2/c16-10-4-6-12(7-5-10)21-9-11(20)8-19-15-13(17)2-1-3-14(15)18/h1-7,11,19-20H,8-9H2. The minimum absolute atomic E-state index is 0.177. The van der Waals surface area contributed by atoms with Crippen LogP contribution in [0.3, 0.4) is 0 Å². The molecule has 0 amide bonds. The molecule has 0 aliphatic rings. The monoisotopic (exact) mass is 389 g/mol. The normalized spacial score (nSPS) is 12.0. The molecule has 21 heavy (non-hydrogen) atoms. The van der Waals surface area contributed by atoms with Crippen molar-refractivity contribution in [1.29, 1.82) is 0 Å². The van der Waals surface area contributed by atoms with Crippen LogP contribution < -0.4 is 10.1 Å². The van der Waals surface area contributed by atoms with Crippen molar-refractivity contribution >= 4 is 44.8 Å². The van der Waals surface area contributed by atoms with Crippen molar-refractivity contribution in [3.05, 3.63) is 57.0 Å². The molecular weight excluding hydrogens is 377 g/mol. The van der Waals surface area contributed by atoms with Crippen molar-refractivity contribution in [3.63, 3.8) is 0 Å². The van der Waals surface area contributed by atoms with Gasteiger partial charge in [-0.2, -0.15) is 0 Å². The molecule has 0 bridgehead atoms. The summed E-state index contributed by atoms with van der Waals surface area (Å²) in [5, 5.41) is 14.0. The van der Waals surface area contributed by atoms with E-state index in [1.807, 2.05) is 24.3 Å². The van der Waals surface area contributed by atoms with Gasteiger partial charge in [0.15, 0.2) is 0 Å². The third-order valence-electron chi connectivity index (χ3n) is 2.73. The minimum Gasteiger partial charge on any atom is -0.491 e. The molecule has 2 rings (SSSR count). The van der Waals surface area contributed by atoms with Crippen LogP contribution in [0.15, 0.2) is 46.9 Å². The SMILES string of the molecule is OC(CNc1c(Cl)cccc1Cl)COc1ccc(Br)cc1. The Morgan fingerprint density at radius 3 is 2.33 bits per heavy atom. The van der Waals surface area contributed by atoms with Crippen molar-refractivity contribution in [3.8, 4) is 5.75 Å². The first-order valence-electron chi connectivity index (χ1n) is 6.30. The Morgan fingerprint density at radius 1 is 1.10 bits per heavy atom. The molecule has 6 heteroatoms. The van der Waals surface area contributed by atoms with Crippen molar-refractivity contribution in [2.24, 2.45) is 0 Å².